The van der Waals surface area contributed by atoms with Gasteiger partial charge in [-0.15, -0.1) is 22.0 Å². The summed E-state index contributed by atoms with van der Waals surface area (Å²) in [5.74, 6) is 0.807. The molecule has 1 aliphatic carbocycles. The van der Waals surface area contributed by atoms with Crippen molar-refractivity contribution < 1.29 is 0 Å². The van der Waals surface area contributed by atoms with Crippen molar-refractivity contribution in [3.63, 3.8) is 0 Å². The van der Waals surface area contributed by atoms with E-state index in [0.29, 0.717) is 5.25 Å². The van der Waals surface area contributed by atoms with Gasteiger partial charge in [-0.3, -0.25) is 0 Å². The molecule has 1 saturated carbocycles. The number of nitrogens with zero attached hydrogens (tertiary/aromatic N) is 4. The van der Waals surface area contributed by atoms with Crippen molar-refractivity contribution in [2.75, 3.05) is 0 Å². The molecular formula is C21H30N4S. The summed E-state index contributed by atoms with van der Waals surface area (Å²) in [6.07, 6.45) is 6.69. The Kier molecular flexibility index (Phi) is 8.62. The van der Waals surface area contributed by atoms with Crippen LogP contribution in [-0.4, -0.2) is 25.1 Å². The van der Waals surface area contributed by atoms with Crippen LogP contribution in [0.4, 0.5) is 0 Å². The minimum atomic E-state index is 0.704. The van der Waals surface area contributed by atoms with Crippen molar-refractivity contribution in [2.24, 2.45) is 0 Å². The molecular weight excluding hydrogens is 340 g/mol. The predicted molar refractivity (Wildman–Crippen MR) is 112 cm³/mol. The van der Waals surface area contributed by atoms with Crippen molar-refractivity contribution in [3.8, 4) is 11.4 Å². The number of fused-ring (bicyclic) bond motifs is 1. The SMILES string of the molecule is CC.CC.c1ccc(-c2nnc3ccc(SC4CCCCC4)nn23)cc1. The van der Waals surface area contributed by atoms with E-state index in [-0.39, 0.29) is 0 Å². The maximum atomic E-state index is 4.76. The number of rotatable bonds is 3. The smallest absolute Gasteiger partial charge is 0.185 e. The van der Waals surface area contributed by atoms with Crippen LogP contribution in [0.2, 0.25) is 0 Å². The van der Waals surface area contributed by atoms with Crippen molar-refractivity contribution in [1.82, 2.24) is 19.8 Å². The predicted octanol–water partition coefficient (Wildman–Crippen LogP) is 6.27. The molecule has 1 aliphatic rings. The third-order valence-electron chi connectivity index (χ3n) is 4.11. The maximum Gasteiger partial charge on any atom is 0.185 e. The second-order valence-corrected chi connectivity index (χ2v) is 7.03. The van der Waals surface area contributed by atoms with Crippen LogP contribution >= 0.6 is 11.8 Å². The Bertz CT molecular complexity index is 764. The highest BCUT2D eigenvalue weighted by Gasteiger charge is 2.16. The third kappa shape index (κ3) is 5.07. The zero-order valence-electron chi connectivity index (χ0n) is 16.4. The Morgan fingerprint density at radius 1 is 0.846 bits per heavy atom. The Hall–Kier alpha value is -1.88. The lowest BCUT2D eigenvalue weighted by molar-refractivity contribution is 0.515. The third-order valence-corrected chi connectivity index (χ3v) is 5.37. The van der Waals surface area contributed by atoms with Crippen LogP contribution in [-0.2, 0) is 0 Å². The van der Waals surface area contributed by atoms with Gasteiger partial charge in [0.05, 0.1) is 0 Å². The highest BCUT2D eigenvalue weighted by molar-refractivity contribution is 7.99. The van der Waals surface area contributed by atoms with E-state index in [1.165, 1.54) is 32.1 Å². The lowest BCUT2D eigenvalue weighted by atomic mass is 10.0. The Labute approximate surface area is 161 Å². The van der Waals surface area contributed by atoms with E-state index in [0.717, 1.165) is 22.1 Å². The summed E-state index contributed by atoms with van der Waals surface area (Å²) in [5.41, 5.74) is 1.84. The van der Waals surface area contributed by atoms with Crippen LogP contribution in [0.3, 0.4) is 0 Å². The summed E-state index contributed by atoms with van der Waals surface area (Å²) >= 11 is 1.90. The minimum Gasteiger partial charge on any atom is -0.192 e. The van der Waals surface area contributed by atoms with Crippen LogP contribution in [0, 0.1) is 0 Å². The number of benzene rings is 1. The van der Waals surface area contributed by atoms with Gasteiger partial charge in [0.2, 0.25) is 0 Å². The molecule has 0 bridgehead atoms. The monoisotopic (exact) mass is 370 g/mol. The van der Waals surface area contributed by atoms with E-state index in [1.54, 1.807) is 0 Å². The molecule has 0 saturated heterocycles. The van der Waals surface area contributed by atoms with Gasteiger partial charge in [-0.25, -0.2) is 0 Å². The highest BCUT2D eigenvalue weighted by Crippen LogP contribution is 2.32. The average molecular weight is 371 g/mol. The van der Waals surface area contributed by atoms with Crippen LogP contribution in [0.5, 0.6) is 0 Å². The largest absolute Gasteiger partial charge is 0.192 e. The zero-order valence-corrected chi connectivity index (χ0v) is 17.2. The summed E-state index contributed by atoms with van der Waals surface area (Å²) in [6.45, 7) is 8.00. The molecule has 0 unspecified atom stereocenters. The van der Waals surface area contributed by atoms with E-state index in [4.69, 9.17) is 5.10 Å². The first-order chi connectivity index (χ1) is 12.9. The molecule has 2 heterocycles. The summed E-state index contributed by atoms with van der Waals surface area (Å²) in [6, 6.07) is 14.2. The molecule has 5 heteroatoms. The van der Waals surface area contributed by atoms with Crippen LogP contribution in [0.15, 0.2) is 47.5 Å². The molecule has 0 spiro atoms. The Morgan fingerprint density at radius 2 is 1.54 bits per heavy atom. The van der Waals surface area contributed by atoms with Gasteiger partial charge in [0, 0.05) is 10.8 Å². The molecule has 140 valence electrons. The van der Waals surface area contributed by atoms with Gasteiger partial charge in [0.15, 0.2) is 11.5 Å². The highest BCUT2D eigenvalue weighted by atomic mass is 32.2. The van der Waals surface area contributed by atoms with E-state index in [2.05, 4.69) is 16.3 Å². The second-order valence-electron chi connectivity index (χ2n) is 5.71. The van der Waals surface area contributed by atoms with Gasteiger partial charge in [0.1, 0.15) is 5.03 Å². The molecule has 26 heavy (non-hydrogen) atoms. The fraction of sp³-hybridized carbons (Fsp3) is 0.476. The zero-order chi connectivity index (χ0) is 18.8. The quantitative estimate of drug-likeness (QED) is 0.545. The number of hydrogen-bond donors (Lipinski definition) is 0. The molecule has 1 aromatic carbocycles. The molecule has 0 aliphatic heterocycles. The second kappa shape index (κ2) is 11.0. The normalized spacial score (nSPS) is 14.2. The first-order valence-corrected chi connectivity index (χ1v) is 10.7. The van der Waals surface area contributed by atoms with Crippen molar-refractivity contribution in [1.29, 1.82) is 0 Å². The first-order valence-electron chi connectivity index (χ1n) is 9.85. The molecule has 0 radical (unpaired) electrons. The van der Waals surface area contributed by atoms with Crippen molar-refractivity contribution >= 4 is 17.4 Å². The molecule has 1 fully saturated rings. The molecule has 4 rings (SSSR count). The van der Waals surface area contributed by atoms with E-state index in [9.17, 15) is 0 Å². The number of aromatic nitrogens is 4. The number of thioether (sulfide) groups is 1. The van der Waals surface area contributed by atoms with Crippen molar-refractivity contribution in [3.05, 3.63) is 42.5 Å². The van der Waals surface area contributed by atoms with Gasteiger partial charge in [-0.2, -0.15) is 9.61 Å². The van der Waals surface area contributed by atoms with Gasteiger partial charge < -0.3 is 0 Å². The van der Waals surface area contributed by atoms with Gasteiger partial charge in [-0.1, -0.05) is 77.3 Å². The number of hydrogen-bond acceptors (Lipinski definition) is 4. The summed E-state index contributed by atoms with van der Waals surface area (Å²) in [7, 11) is 0. The van der Waals surface area contributed by atoms with Crippen LogP contribution < -0.4 is 0 Å². The lowest BCUT2D eigenvalue weighted by Gasteiger charge is -2.20. The van der Waals surface area contributed by atoms with E-state index < -0.39 is 0 Å². The molecule has 0 atom stereocenters. The Morgan fingerprint density at radius 3 is 2.23 bits per heavy atom. The molecule has 2 aromatic heterocycles. The Balaban J connectivity index is 0.000000570. The van der Waals surface area contributed by atoms with Crippen LogP contribution in [0.1, 0.15) is 59.8 Å². The van der Waals surface area contributed by atoms with Gasteiger partial charge in [-0.05, 0) is 25.0 Å². The molecule has 0 N–H and O–H groups in total. The lowest BCUT2D eigenvalue weighted by Crippen LogP contribution is -2.08. The summed E-state index contributed by atoms with van der Waals surface area (Å²) in [4.78, 5) is 0. The van der Waals surface area contributed by atoms with Crippen molar-refractivity contribution in [2.45, 2.75) is 70.1 Å². The van der Waals surface area contributed by atoms with E-state index >= 15 is 0 Å². The summed E-state index contributed by atoms with van der Waals surface area (Å²) in [5, 5.41) is 15.0. The minimum absolute atomic E-state index is 0.704. The van der Waals surface area contributed by atoms with E-state index in [1.807, 2.05) is 80.4 Å². The fourth-order valence-electron chi connectivity index (χ4n) is 2.96. The molecule has 4 nitrogen and oxygen atoms in total. The first kappa shape index (κ1) is 20.4. The molecule has 3 aromatic rings. The molecule has 0 amide bonds. The average Bonchev–Trinajstić information content (AvgIpc) is 3.16. The van der Waals surface area contributed by atoms with Gasteiger partial charge >= 0.3 is 0 Å². The summed E-state index contributed by atoms with van der Waals surface area (Å²) < 4.78 is 1.86. The van der Waals surface area contributed by atoms with Gasteiger partial charge in [0.25, 0.3) is 0 Å². The maximum absolute atomic E-state index is 4.76. The fourth-order valence-corrected chi connectivity index (χ4v) is 4.14. The topological polar surface area (TPSA) is 43.1 Å². The standard InChI is InChI=1S/C17H18N4S.2C2H6/c1-3-7-13(8-4-1)17-19-18-15-11-12-16(20-21(15)17)22-14-9-5-2-6-10-14;2*1-2/h1,3-4,7-8,11-12,14H,2,5-6,9-10H2;2*1-2H3. The van der Waals surface area contributed by atoms with Crippen LogP contribution in [0.25, 0.3) is 17.0 Å².